The van der Waals surface area contributed by atoms with Crippen molar-refractivity contribution in [2.75, 3.05) is 16.8 Å². The van der Waals surface area contributed by atoms with Crippen LogP contribution < -0.4 is 10.1 Å². The number of carboxylic acids is 1. The van der Waals surface area contributed by atoms with Gasteiger partial charge >= 0.3 is 18.8 Å². The van der Waals surface area contributed by atoms with Gasteiger partial charge in [0.15, 0.2) is 5.82 Å². The van der Waals surface area contributed by atoms with Gasteiger partial charge < -0.3 is 15.2 Å². The number of carbonyl (C=O) groups is 2. The number of aromatic nitrogens is 1. The Morgan fingerprint density at radius 2 is 2.00 bits per heavy atom. The molecule has 134 valence electrons. The summed E-state index contributed by atoms with van der Waals surface area (Å²) in [6.45, 7) is -3.57. The Morgan fingerprint density at radius 1 is 1.38 bits per heavy atom. The molecule has 0 spiro atoms. The second-order valence-electron chi connectivity index (χ2n) is 3.98. The summed E-state index contributed by atoms with van der Waals surface area (Å²) in [5.74, 6) is -4.83. The number of pyridine rings is 1. The van der Waals surface area contributed by atoms with E-state index in [4.69, 9.17) is 16.7 Å². The summed E-state index contributed by atoms with van der Waals surface area (Å²) >= 11 is 6.25. The highest BCUT2D eigenvalue weighted by atomic mass is 35.5. The molecule has 0 radical (unpaired) electrons. The van der Waals surface area contributed by atoms with Crippen LogP contribution in [0.25, 0.3) is 0 Å². The second-order valence-corrected chi connectivity index (χ2v) is 5.38. The lowest BCUT2D eigenvalue weighted by atomic mass is 10.2. The van der Waals surface area contributed by atoms with Gasteiger partial charge in [0.2, 0.25) is 11.8 Å². The molecule has 24 heavy (non-hydrogen) atoms. The van der Waals surface area contributed by atoms with Crippen LogP contribution in [-0.4, -0.2) is 40.1 Å². The maximum Gasteiger partial charge on any atom is 0.421 e. The van der Waals surface area contributed by atoms with Gasteiger partial charge in [0.1, 0.15) is 5.56 Å². The fraction of sp³-hybridized carbons (Fsp3) is 0.364. The van der Waals surface area contributed by atoms with Gasteiger partial charge in [-0.05, 0) is 6.07 Å². The molecule has 0 aliphatic heterocycles. The van der Waals surface area contributed by atoms with Gasteiger partial charge in [0.25, 0.3) is 0 Å². The van der Waals surface area contributed by atoms with E-state index in [0.717, 1.165) is 0 Å². The van der Waals surface area contributed by atoms with Crippen LogP contribution in [0.4, 0.5) is 27.8 Å². The van der Waals surface area contributed by atoms with Gasteiger partial charge in [-0.15, -0.1) is 11.8 Å². The van der Waals surface area contributed by atoms with Crippen molar-refractivity contribution in [3.05, 3.63) is 16.7 Å². The molecule has 1 aromatic rings. The van der Waals surface area contributed by atoms with Crippen LogP contribution in [-0.2, 0) is 15.8 Å². The number of hydrogen-bond donors (Lipinski definition) is 2. The van der Waals surface area contributed by atoms with E-state index in [1.165, 1.54) is 0 Å². The quantitative estimate of drug-likeness (QED) is 0.691. The predicted molar refractivity (Wildman–Crippen MR) is 74.5 cm³/mol. The number of halogens is 6. The normalized spacial score (nSPS) is 11.5. The summed E-state index contributed by atoms with van der Waals surface area (Å²) in [7, 11) is 0. The zero-order valence-corrected chi connectivity index (χ0v) is 12.9. The molecule has 1 rings (SSSR count). The number of carboxylic acid groups (broad SMARTS) is 1. The molecule has 0 fully saturated rings. The number of thioether (sulfide) groups is 1. The molecule has 0 saturated carbocycles. The van der Waals surface area contributed by atoms with E-state index < -0.39 is 46.9 Å². The number of hydrogen-bond acceptors (Lipinski definition) is 5. The van der Waals surface area contributed by atoms with Crippen LogP contribution >= 0.6 is 23.4 Å². The molecular weight excluding hydrogens is 387 g/mol. The second kappa shape index (κ2) is 8.33. The molecule has 0 unspecified atom stereocenters. The molecule has 13 heteroatoms. The summed E-state index contributed by atoms with van der Waals surface area (Å²) < 4.78 is 66.4. The monoisotopic (exact) mass is 394 g/mol. The zero-order valence-electron chi connectivity index (χ0n) is 11.4. The summed E-state index contributed by atoms with van der Waals surface area (Å²) in [5, 5.41) is 9.74. The van der Waals surface area contributed by atoms with Gasteiger partial charge in [0, 0.05) is 0 Å². The zero-order chi connectivity index (χ0) is 18.5. The molecule has 2 N–H and O–H groups in total. The molecule has 0 atom stereocenters. The lowest BCUT2D eigenvalue weighted by Crippen LogP contribution is -2.19. The maximum atomic E-state index is 12.7. The van der Waals surface area contributed by atoms with Gasteiger partial charge in [-0.2, -0.15) is 26.9 Å². The highest BCUT2D eigenvalue weighted by Gasteiger charge is 2.37. The number of carbonyl (C=O) groups excluding carboxylic acids is 1. The number of rotatable bonds is 7. The first-order valence-corrected chi connectivity index (χ1v) is 7.36. The lowest BCUT2D eigenvalue weighted by Gasteiger charge is -2.15. The van der Waals surface area contributed by atoms with Gasteiger partial charge in [-0.25, -0.2) is 0 Å². The van der Waals surface area contributed by atoms with E-state index in [1.54, 1.807) is 0 Å². The fourth-order valence-electron chi connectivity index (χ4n) is 1.34. The van der Waals surface area contributed by atoms with Crippen LogP contribution in [0, 0.1) is 0 Å². The first kappa shape index (κ1) is 20.2. The van der Waals surface area contributed by atoms with Crippen molar-refractivity contribution in [3.8, 4) is 5.88 Å². The summed E-state index contributed by atoms with van der Waals surface area (Å²) in [4.78, 5) is 25.0. The SMILES string of the molecule is O=C(O)CSCC(=O)Nc1nc(OC(F)F)c(C(F)(F)F)cc1Cl. The molecule has 1 aromatic heterocycles. The average molecular weight is 395 g/mol. The Hall–Kier alpha value is -1.82. The van der Waals surface area contributed by atoms with Crippen LogP contribution in [0.2, 0.25) is 5.02 Å². The van der Waals surface area contributed by atoms with Crippen LogP contribution in [0.1, 0.15) is 5.56 Å². The van der Waals surface area contributed by atoms with E-state index in [-0.39, 0.29) is 17.6 Å². The number of nitrogens with one attached hydrogen (secondary N) is 1. The first-order valence-electron chi connectivity index (χ1n) is 5.82. The third kappa shape index (κ3) is 6.35. The third-order valence-electron chi connectivity index (χ3n) is 2.16. The smallest absolute Gasteiger partial charge is 0.421 e. The number of anilines is 1. The Bertz CT molecular complexity index is 629. The molecule has 1 amide bonds. The van der Waals surface area contributed by atoms with Crippen molar-refractivity contribution in [2.24, 2.45) is 0 Å². The van der Waals surface area contributed by atoms with E-state index in [2.05, 4.69) is 9.72 Å². The average Bonchev–Trinajstić information content (AvgIpc) is 2.39. The molecule has 0 aliphatic carbocycles. The van der Waals surface area contributed by atoms with Crippen molar-refractivity contribution < 1.29 is 41.4 Å². The molecule has 0 aromatic carbocycles. The topological polar surface area (TPSA) is 88.5 Å². The lowest BCUT2D eigenvalue weighted by molar-refractivity contribution is -0.142. The largest absolute Gasteiger partial charge is 0.481 e. The van der Waals surface area contributed by atoms with E-state index in [1.807, 2.05) is 5.32 Å². The summed E-state index contributed by atoms with van der Waals surface area (Å²) in [6.07, 6.45) is -5.05. The fourth-order valence-corrected chi connectivity index (χ4v) is 2.07. The highest BCUT2D eigenvalue weighted by Crippen LogP contribution is 2.39. The summed E-state index contributed by atoms with van der Waals surface area (Å²) in [5.41, 5.74) is -1.63. The van der Waals surface area contributed by atoms with E-state index in [9.17, 15) is 31.5 Å². The number of ether oxygens (including phenoxy) is 1. The first-order chi connectivity index (χ1) is 11.0. The molecule has 1 heterocycles. The molecule has 0 bridgehead atoms. The highest BCUT2D eigenvalue weighted by molar-refractivity contribution is 8.00. The molecule has 0 aliphatic rings. The van der Waals surface area contributed by atoms with Gasteiger partial charge in [0.05, 0.1) is 16.5 Å². The van der Waals surface area contributed by atoms with Crippen LogP contribution in [0.3, 0.4) is 0 Å². The minimum atomic E-state index is -5.05. The van der Waals surface area contributed by atoms with E-state index >= 15 is 0 Å². The number of nitrogens with zero attached hydrogens (tertiary/aromatic N) is 1. The Kier molecular flexibility index (Phi) is 7.02. The Labute approximate surface area is 140 Å². The van der Waals surface area contributed by atoms with E-state index in [0.29, 0.717) is 11.8 Å². The number of alkyl halides is 5. The molecule has 0 saturated heterocycles. The van der Waals surface area contributed by atoms with Crippen molar-refractivity contribution in [1.29, 1.82) is 0 Å². The molecule has 6 nitrogen and oxygen atoms in total. The van der Waals surface area contributed by atoms with Crippen molar-refractivity contribution >= 4 is 41.1 Å². The van der Waals surface area contributed by atoms with Gasteiger partial charge in [-0.1, -0.05) is 11.6 Å². The van der Waals surface area contributed by atoms with Crippen LogP contribution in [0.5, 0.6) is 5.88 Å². The predicted octanol–water partition coefficient (Wildman–Crippen LogP) is 3.11. The maximum absolute atomic E-state index is 12.7. The molecular formula is C11H8ClF5N2O4S. The van der Waals surface area contributed by atoms with Gasteiger partial charge in [-0.3, -0.25) is 9.59 Å². The Balaban J connectivity index is 2.99. The number of amides is 1. The Morgan fingerprint density at radius 3 is 2.50 bits per heavy atom. The third-order valence-corrected chi connectivity index (χ3v) is 3.37. The minimum absolute atomic E-state index is 0.284. The number of aliphatic carboxylic acids is 1. The summed E-state index contributed by atoms with van der Waals surface area (Å²) in [6, 6.07) is 0.284. The minimum Gasteiger partial charge on any atom is -0.481 e. The van der Waals surface area contributed by atoms with Crippen molar-refractivity contribution in [3.63, 3.8) is 0 Å². The standard InChI is InChI=1S/C11H8ClF5N2O4S/c12-5-1-4(11(15,16)17)9(23-10(13)14)19-8(5)18-6(20)2-24-3-7(21)22/h1,10H,2-3H2,(H,21,22)(H,18,19,20). The van der Waals surface area contributed by atoms with Crippen LogP contribution in [0.15, 0.2) is 6.07 Å². The van der Waals surface area contributed by atoms with Crippen molar-refractivity contribution in [1.82, 2.24) is 4.98 Å². The van der Waals surface area contributed by atoms with Crippen molar-refractivity contribution in [2.45, 2.75) is 12.8 Å².